The van der Waals surface area contributed by atoms with Crippen molar-refractivity contribution in [2.75, 3.05) is 0 Å². The van der Waals surface area contributed by atoms with E-state index in [9.17, 15) is 18.9 Å². The summed E-state index contributed by atoms with van der Waals surface area (Å²) in [7, 11) is -4.14. The molecule has 6 nitrogen and oxygen atoms in total. The molecule has 0 radical (unpaired) electrons. The second kappa shape index (κ2) is 7.24. The maximum atomic E-state index is 13.1. The van der Waals surface area contributed by atoms with Crippen molar-refractivity contribution < 1.29 is 8.42 Å². The van der Waals surface area contributed by atoms with Gasteiger partial charge in [0.15, 0.2) is 15.5 Å². The molecule has 0 aliphatic heterocycles. The highest BCUT2D eigenvalue weighted by atomic mass is 32.2. The first-order chi connectivity index (χ1) is 12.4. The van der Waals surface area contributed by atoms with Gasteiger partial charge in [-0.05, 0) is 30.0 Å². The summed E-state index contributed by atoms with van der Waals surface area (Å²) < 4.78 is 26.1. The summed E-state index contributed by atoms with van der Waals surface area (Å²) in [4.78, 5) is 6.23. The van der Waals surface area contributed by atoms with Crippen LogP contribution in [0, 0.1) is 35.8 Å². The van der Waals surface area contributed by atoms with Gasteiger partial charge in [-0.15, -0.1) is 0 Å². The van der Waals surface area contributed by atoms with Gasteiger partial charge in [0.25, 0.3) is 0 Å². The van der Waals surface area contributed by atoms with E-state index in [1.54, 1.807) is 24.3 Å². The summed E-state index contributed by atoms with van der Waals surface area (Å²) in [5.41, 5.74) is -0.466. The minimum absolute atomic E-state index is 0.0491. The zero-order valence-electron chi connectivity index (χ0n) is 14.2. The number of sulfone groups is 1. The summed E-state index contributed by atoms with van der Waals surface area (Å²) in [5.74, 6) is 0.269. The summed E-state index contributed by atoms with van der Waals surface area (Å²) in [6.07, 6.45) is 0.903. The van der Waals surface area contributed by atoms with E-state index >= 15 is 0 Å². The number of hydrogen-bond donors (Lipinski definition) is 0. The molecule has 1 aliphatic rings. The third kappa shape index (κ3) is 2.86. The van der Waals surface area contributed by atoms with Gasteiger partial charge in [-0.25, -0.2) is 13.3 Å². The number of nitrogens with zero attached hydrogens (tertiary/aromatic N) is 4. The molecule has 0 aromatic heterocycles. The number of hydrogen-bond acceptors (Lipinski definition) is 4. The first-order valence-electron chi connectivity index (χ1n) is 7.74. The van der Waals surface area contributed by atoms with Crippen LogP contribution >= 0.6 is 0 Å². The highest BCUT2D eigenvalue weighted by Crippen LogP contribution is 2.40. The van der Waals surface area contributed by atoms with E-state index in [2.05, 4.69) is 9.69 Å². The molecular formula is C19H14N4O2S. The quantitative estimate of drug-likeness (QED) is 0.763. The van der Waals surface area contributed by atoms with Crippen LogP contribution in [-0.2, 0) is 9.84 Å². The summed E-state index contributed by atoms with van der Waals surface area (Å²) >= 11 is 0. The maximum Gasteiger partial charge on any atom is 0.210 e. The van der Waals surface area contributed by atoms with Gasteiger partial charge in [0.2, 0.25) is 5.70 Å². The maximum absolute atomic E-state index is 13.1. The van der Waals surface area contributed by atoms with Gasteiger partial charge in [0, 0.05) is 5.57 Å². The Labute approximate surface area is 152 Å². The fraction of sp³-hybridized carbons (Fsp3) is 0.263. The Morgan fingerprint density at radius 1 is 1.15 bits per heavy atom. The van der Waals surface area contributed by atoms with E-state index in [4.69, 9.17) is 13.1 Å². The molecule has 2 unspecified atom stereocenters. The lowest BCUT2D eigenvalue weighted by Gasteiger charge is -2.15. The van der Waals surface area contributed by atoms with Crippen LogP contribution in [-0.4, -0.2) is 13.7 Å². The smallest absolute Gasteiger partial charge is 0.210 e. The van der Waals surface area contributed by atoms with Gasteiger partial charge in [0.05, 0.1) is 35.8 Å². The molecular weight excluding hydrogens is 348 g/mol. The molecule has 1 aromatic rings. The lowest BCUT2D eigenvalue weighted by Crippen LogP contribution is -2.23. The lowest BCUT2D eigenvalue weighted by atomic mass is 9.99. The fourth-order valence-electron chi connectivity index (χ4n) is 2.76. The average molecular weight is 362 g/mol. The molecule has 0 amide bonds. The topological polar surface area (TPSA) is 90.4 Å². The molecule has 0 fully saturated rings. The van der Waals surface area contributed by atoms with Crippen molar-refractivity contribution in [3.05, 3.63) is 75.2 Å². The number of rotatable bonds is 4. The van der Waals surface area contributed by atoms with Crippen molar-refractivity contribution >= 4 is 9.84 Å². The van der Waals surface area contributed by atoms with Gasteiger partial charge >= 0.3 is 0 Å². The van der Waals surface area contributed by atoms with Crippen LogP contribution in [0.4, 0.5) is 0 Å². The Hall–Kier alpha value is -3.39. The minimum Gasteiger partial charge on any atom is -0.253 e. The van der Waals surface area contributed by atoms with Gasteiger partial charge in [0.1, 0.15) is 5.25 Å². The number of benzene rings is 1. The van der Waals surface area contributed by atoms with Gasteiger partial charge in [-0.1, -0.05) is 26.0 Å². The summed E-state index contributed by atoms with van der Waals surface area (Å²) in [6.45, 7) is 18.5. The van der Waals surface area contributed by atoms with Gasteiger partial charge < -0.3 is 0 Å². The van der Waals surface area contributed by atoms with Crippen molar-refractivity contribution in [2.24, 2.45) is 0 Å². The second-order valence-electron chi connectivity index (χ2n) is 5.77. The van der Waals surface area contributed by atoms with Crippen molar-refractivity contribution in [1.82, 2.24) is 0 Å². The van der Waals surface area contributed by atoms with Crippen molar-refractivity contribution in [3.63, 3.8) is 0 Å². The molecule has 7 heteroatoms. The zero-order valence-corrected chi connectivity index (χ0v) is 15.0. The van der Waals surface area contributed by atoms with Crippen LogP contribution in [0.15, 0.2) is 51.7 Å². The lowest BCUT2D eigenvalue weighted by molar-refractivity contribution is 0.592. The van der Waals surface area contributed by atoms with E-state index in [-0.39, 0.29) is 33.4 Å². The first kappa shape index (κ1) is 18.9. The van der Waals surface area contributed by atoms with Crippen LogP contribution in [0.1, 0.15) is 31.7 Å². The highest BCUT2D eigenvalue weighted by Gasteiger charge is 2.44. The van der Waals surface area contributed by atoms with E-state index in [0.29, 0.717) is 0 Å². The van der Waals surface area contributed by atoms with Gasteiger partial charge in [-0.3, -0.25) is 4.85 Å². The Balaban J connectivity index is 2.66. The molecule has 26 heavy (non-hydrogen) atoms. The van der Waals surface area contributed by atoms with E-state index in [1.807, 2.05) is 13.8 Å². The molecule has 128 valence electrons. The largest absolute Gasteiger partial charge is 0.253 e. The molecule has 0 saturated heterocycles. The minimum atomic E-state index is -4.14. The third-order valence-corrected chi connectivity index (χ3v) is 6.43. The normalized spacial score (nSPS) is 17.8. The predicted octanol–water partition coefficient (Wildman–Crippen LogP) is 3.75. The standard InChI is InChI=1S/C19H14N4O2S/c1-5-12(2)13-6-8-14(9-7-13)26(24,25)19-16(11-21)15(10-20)17(22-3)18(19)23-4/h6-9,12,19H,5H2,1-2H3. The molecule has 0 N–H and O–H groups in total. The van der Waals surface area contributed by atoms with Crippen LogP contribution < -0.4 is 0 Å². The molecule has 0 heterocycles. The van der Waals surface area contributed by atoms with Crippen LogP contribution in [0.3, 0.4) is 0 Å². The predicted molar refractivity (Wildman–Crippen MR) is 94.6 cm³/mol. The molecule has 2 atom stereocenters. The Kier molecular flexibility index (Phi) is 5.27. The van der Waals surface area contributed by atoms with E-state index < -0.39 is 15.1 Å². The summed E-state index contributed by atoms with van der Waals surface area (Å²) in [6, 6.07) is 9.69. The van der Waals surface area contributed by atoms with Crippen molar-refractivity contribution in [1.29, 1.82) is 10.5 Å². The van der Waals surface area contributed by atoms with Gasteiger partial charge in [-0.2, -0.15) is 10.5 Å². The third-order valence-electron chi connectivity index (χ3n) is 4.42. The average Bonchev–Trinajstić information content (AvgIpc) is 3.00. The number of nitriles is 2. The van der Waals surface area contributed by atoms with Crippen molar-refractivity contribution in [3.8, 4) is 12.1 Å². The molecule has 0 bridgehead atoms. The Morgan fingerprint density at radius 3 is 2.19 bits per heavy atom. The van der Waals surface area contributed by atoms with Crippen LogP contribution in [0.5, 0.6) is 0 Å². The Bertz CT molecular complexity index is 1030. The first-order valence-corrected chi connectivity index (χ1v) is 9.29. The van der Waals surface area contributed by atoms with E-state index in [0.717, 1.165) is 12.0 Å². The SMILES string of the molecule is [C-]#[N+]C1=C([N+]#[C-])C(S(=O)(=O)c2ccc(C(C)CC)cc2)C(C#N)=C1C#N. The fourth-order valence-corrected chi connectivity index (χ4v) is 4.49. The molecule has 1 aromatic carbocycles. The van der Waals surface area contributed by atoms with Crippen LogP contribution in [0.25, 0.3) is 9.69 Å². The van der Waals surface area contributed by atoms with Crippen molar-refractivity contribution in [2.45, 2.75) is 36.3 Å². The molecule has 2 rings (SSSR count). The monoisotopic (exact) mass is 362 g/mol. The molecule has 1 aliphatic carbocycles. The zero-order chi connectivity index (χ0) is 19.5. The second-order valence-corrected chi connectivity index (χ2v) is 7.81. The molecule has 0 spiro atoms. The molecule has 0 saturated carbocycles. The number of allylic oxidation sites excluding steroid dienone is 1. The Morgan fingerprint density at radius 2 is 1.77 bits per heavy atom. The highest BCUT2D eigenvalue weighted by molar-refractivity contribution is 7.92. The summed E-state index contributed by atoms with van der Waals surface area (Å²) in [5, 5.41) is 17.0. The van der Waals surface area contributed by atoms with Crippen LogP contribution in [0.2, 0.25) is 0 Å². The van der Waals surface area contributed by atoms with E-state index in [1.165, 1.54) is 12.1 Å².